The van der Waals surface area contributed by atoms with Crippen LogP contribution in [0.25, 0.3) is 0 Å². The van der Waals surface area contributed by atoms with Crippen molar-refractivity contribution >= 4 is 45.9 Å². The zero-order valence-electron chi connectivity index (χ0n) is 11.9. The number of nitrogens with two attached hydrogens (primary N) is 1. The Morgan fingerprint density at radius 3 is 3.00 bits per heavy atom. The first-order valence-electron chi connectivity index (χ1n) is 6.23. The fourth-order valence-electron chi connectivity index (χ4n) is 1.88. The van der Waals surface area contributed by atoms with E-state index in [0.717, 1.165) is 21.5 Å². The van der Waals surface area contributed by atoms with Crippen LogP contribution in [-0.4, -0.2) is 32.5 Å². The van der Waals surface area contributed by atoms with Crippen LogP contribution in [0.1, 0.15) is 12.5 Å². The summed E-state index contributed by atoms with van der Waals surface area (Å²) in [7, 11) is 1.65. The highest BCUT2D eigenvalue weighted by Crippen LogP contribution is 2.40. The van der Waals surface area contributed by atoms with Crippen molar-refractivity contribution in [2.75, 3.05) is 20.5 Å². The van der Waals surface area contributed by atoms with E-state index in [1.165, 1.54) is 0 Å². The molecule has 6 nitrogen and oxygen atoms in total. The number of halogens is 2. The summed E-state index contributed by atoms with van der Waals surface area (Å²) in [4.78, 5) is 4.29. The van der Waals surface area contributed by atoms with Crippen LogP contribution in [0, 0.1) is 0 Å². The van der Waals surface area contributed by atoms with Gasteiger partial charge in [-0.1, -0.05) is 0 Å². The van der Waals surface area contributed by atoms with Crippen molar-refractivity contribution < 1.29 is 14.2 Å². The summed E-state index contributed by atoms with van der Waals surface area (Å²) in [6.07, 6.45) is 0. The molecule has 0 fully saturated rings. The van der Waals surface area contributed by atoms with Gasteiger partial charge < -0.3 is 25.3 Å². The van der Waals surface area contributed by atoms with Gasteiger partial charge in [0.1, 0.15) is 0 Å². The molecule has 1 aromatic rings. The van der Waals surface area contributed by atoms with Gasteiger partial charge in [-0.05, 0) is 40.5 Å². The molecule has 1 aromatic carbocycles. The molecule has 1 aliphatic rings. The number of guanidine groups is 1. The number of nitrogens with one attached hydrogen (secondary N) is 1. The summed E-state index contributed by atoms with van der Waals surface area (Å²) in [5.41, 5.74) is 6.81. The molecule has 2 rings (SSSR count). The van der Waals surface area contributed by atoms with Gasteiger partial charge in [0.15, 0.2) is 17.5 Å². The summed E-state index contributed by atoms with van der Waals surface area (Å²) in [6.45, 7) is 3.27. The van der Waals surface area contributed by atoms with Crippen molar-refractivity contribution in [3.8, 4) is 11.5 Å². The third-order valence-corrected chi connectivity index (χ3v) is 3.32. The molecule has 1 aliphatic heterocycles. The summed E-state index contributed by atoms with van der Waals surface area (Å²) in [6, 6.07) is 3.97. The first-order valence-corrected chi connectivity index (χ1v) is 7.03. The average molecular weight is 472 g/mol. The molecule has 0 spiro atoms. The minimum absolute atomic E-state index is 0. The van der Waals surface area contributed by atoms with Gasteiger partial charge in [0.05, 0.1) is 17.6 Å². The summed E-state index contributed by atoms with van der Waals surface area (Å²) in [5, 5.41) is 3.05. The Labute approximate surface area is 149 Å². The lowest BCUT2D eigenvalue weighted by molar-refractivity contribution is 0.173. The number of methoxy groups -OCH3 is 1. The lowest BCUT2D eigenvalue weighted by Crippen LogP contribution is -2.40. The maximum Gasteiger partial charge on any atom is 0.231 e. The van der Waals surface area contributed by atoms with Crippen LogP contribution < -0.4 is 20.5 Å². The van der Waals surface area contributed by atoms with Crippen LogP contribution in [0.2, 0.25) is 0 Å². The number of rotatable bonds is 5. The van der Waals surface area contributed by atoms with Crippen molar-refractivity contribution in [3.63, 3.8) is 0 Å². The van der Waals surface area contributed by atoms with Crippen molar-refractivity contribution in [1.29, 1.82) is 0 Å². The predicted octanol–water partition coefficient (Wildman–Crippen LogP) is 2.24. The van der Waals surface area contributed by atoms with Crippen LogP contribution >= 0.6 is 39.9 Å². The molecule has 0 saturated carbocycles. The number of ether oxygens (including phenoxy) is 3. The van der Waals surface area contributed by atoms with E-state index in [9.17, 15) is 0 Å². The fourth-order valence-corrected chi connectivity index (χ4v) is 2.48. The first-order chi connectivity index (χ1) is 9.60. The van der Waals surface area contributed by atoms with Gasteiger partial charge in [0, 0.05) is 13.2 Å². The van der Waals surface area contributed by atoms with Crippen molar-refractivity contribution in [1.82, 2.24) is 5.32 Å². The third-order valence-electron chi connectivity index (χ3n) is 2.73. The Bertz CT molecular complexity index is 514. The molecule has 21 heavy (non-hydrogen) atoms. The Morgan fingerprint density at radius 1 is 1.52 bits per heavy atom. The van der Waals surface area contributed by atoms with E-state index >= 15 is 0 Å². The van der Waals surface area contributed by atoms with E-state index in [1.807, 2.05) is 19.1 Å². The smallest absolute Gasteiger partial charge is 0.231 e. The number of fused-ring (bicyclic) bond motifs is 1. The molecule has 118 valence electrons. The van der Waals surface area contributed by atoms with Crippen LogP contribution in [-0.2, 0) is 11.3 Å². The highest BCUT2D eigenvalue weighted by Gasteiger charge is 2.17. The van der Waals surface area contributed by atoms with E-state index in [2.05, 4.69) is 26.2 Å². The molecule has 0 aromatic heterocycles. The summed E-state index contributed by atoms with van der Waals surface area (Å²) in [5.74, 6) is 1.85. The Kier molecular flexibility index (Phi) is 7.53. The second-order valence-corrected chi connectivity index (χ2v) is 5.37. The van der Waals surface area contributed by atoms with Crippen LogP contribution in [0.3, 0.4) is 0 Å². The Morgan fingerprint density at radius 2 is 2.29 bits per heavy atom. The Balaban J connectivity index is 0.00000220. The molecule has 0 bridgehead atoms. The number of benzene rings is 1. The van der Waals surface area contributed by atoms with Gasteiger partial charge >= 0.3 is 0 Å². The van der Waals surface area contributed by atoms with E-state index in [1.54, 1.807) is 7.11 Å². The zero-order chi connectivity index (χ0) is 14.5. The maximum atomic E-state index is 5.82. The topological polar surface area (TPSA) is 78.1 Å². The van der Waals surface area contributed by atoms with E-state index < -0.39 is 0 Å². The quantitative estimate of drug-likeness (QED) is 0.391. The SMILES string of the molecule is COCC(C)NC(N)=NCc1cc(Br)c2c(c1)OCO2.I. The highest BCUT2D eigenvalue weighted by molar-refractivity contribution is 14.0. The van der Waals surface area contributed by atoms with Crippen molar-refractivity contribution in [3.05, 3.63) is 22.2 Å². The normalized spacial score (nSPS) is 14.5. The van der Waals surface area contributed by atoms with Crippen LogP contribution in [0.5, 0.6) is 11.5 Å². The predicted molar refractivity (Wildman–Crippen MR) is 95.5 cm³/mol. The van der Waals surface area contributed by atoms with Gasteiger partial charge in [-0.3, -0.25) is 0 Å². The highest BCUT2D eigenvalue weighted by atomic mass is 127. The van der Waals surface area contributed by atoms with E-state index in [0.29, 0.717) is 19.1 Å². The number of aliphatic imine (C=N–C) groups is 1. The standard InChI is InChI=1S/C13H18BrN3O3.HI/c1-8(6-18-2)17-13(15)16-5-9-3-10(14)12-11(4-9)19-7-20-12;/h3-4,8H,5-7H2,1-2H3,(H3,15,16,17);1H. The third kappa shape index (κ3) is 5.19. The number of hydrogen-bond acceptors (Lipinski definition) is 4. The molecule has 1 heterocycles. The molecule has 3 N–H and O–H groups in total. The zero-order valence-corrected chi connectivity index (χ0v) is 15.8. The molecule has 8 heteroatoms. The van der Waals surface area contributed by atoms with Gasteiger partial charge in [0.2, 0.25) is 6.79 Å². The lowest BCUT2D eigenvalue weighted by Gasteiger charge is -2.13. The monoisotopic (exact) mass is 471 g/mol. The second kappa shape index (κ2) is 8.64. The molecular weight excluding hydrogens is 453 g/mol. The van der Waals surface area contributed by atoms with Crippen LogP contribution in [0.15, 0.2) is 21.6 Å². The molecule has 1 atom stereocenters. The molecule has 0 amide bonds. The van der Waals surface area contributed by atoms with Gasteiger partial charge in [-0.15, -0.1) is 24.0 Å². The molecule has 0 radical (unpaired) electrons. The van der Waals surface area contributed by atoms with Crippen molar-refractivity contribution in [2.45, 2.75) is 19.5 Å². The lowest BCUT2D eigenvalue weighted by atomic mass is 10.2. The molecule has 1 unspecified atom stereocenters. The average Bonchev–Trinajstić information content (AvgIpc) is 2.85. The van der Waals surface area contributed by atoms with Gasteiger partial charge in [-0.25, -0.2) is 4.99 Å². The first kappa shape index (κ1) is 18.3. The van der Waals surface area contributed by atoms with Gasteiger partial charge in [0.25, 0.3) is 0 Å². The minimum Gasteiger partial charge on any atom is -0.454 e. The molecule has 0 aliphatic carbocycles. The number of nitrogens with zero attached hydrogens (tertiary/aromatic N) is 1. The fraction of sp³-hybridized carbons (Fsp3) is 0.462. The van der Waals surface area contributed by atoms with Gasteiger partial charge in [-0.2, -0.15) is 0 Å². The number of hydrogen-bond donors (Lipinski definition) is 2. The minimum atomic E-state index is 0. The summed E-state index contributed by atoms with van der Waals surface area (Å²) >= 11 is 3.45. The molecule has 0 saturated heterocycles. The van der Waals surface area contributed by atoms with Crippen molar-refractivity contribution in [2.24, 2.45) is 10.7 Å². The second-order valence-electron chi connectivity index (χ2n) is 4.51. The van der Waals surface area contributed by atoms with Crippen LogP contribution in [0.4, 0.5) is 0 Å². The largest absolute Gasteiger partial charge is 0.454 e. The Hall–Kier alpha value is -0.740. The van der Waals surface area contributed by atoms with E-state index in [-0.39, 0.29) is 36.8 Å². The van der Waals surface area contributed by atoms with E-state index in [4.69, 9.17) is 19.9 Å². The summed E-state index contributed by atoms with van der Waals surface area (Å²) < 4.78 is 16.6. The maximum absolute atomic E-state index is 5.82. The molecular formula is C13H19BrIN3O3.